The summed E-state index contributed by atoms with van der Waals surface area (Å²) in [5.74, 6) is 0.709. The van der Waals surface area contributed by atoms with Gasteiger partial charge in [-0.2, -0.15) is 0 Å². The molecule has 0 rings (SSSR count). The van der Waals surface area contributed by atoms with Crippen LogP contribution in [0.2, 0.25) is 0 Å². The molecular weight excluding hydrogens is 160 g/mol. The summed E-state index contributed by atoms with van der Waals surface area (Å²) >= 11 is 0. The normalized spacial score (nSPS) is 16.6. The first-order valence-corrected chi connectivity index (χ1v) is 5.43. The molecule has 2 N–H and O–H groups in total. The van der Waals surface area contributed by atoms with Crippen molar-refractivity contribution in [3.63, 3.8) is 0 Å². The summed E-state index contributed by atoms with van der Waals surface area (Å²) in [5, 5.41) is 0. The third-order valence-corrected chi connectivity index (χ3v) is 2.64. The third kappa shape index (κ3) is 6.05. The second kappa shape index (κ2) is 6.39. The summed E-state index contributed by atoms with van der Waals surface area (Å²) in [4.78, 5) is 2.35. The van der Waals surface area contributed by atoms with Crippen molar-refractivity contribution in [3.05, 3.63) is 0 Å². The summed E-state index contributed by atoms with van der Waals surface area (Å²) in [6.45, 7) is 9.94. The first kappa shape index (κ1) is 12.9. The summed E-state index contributed by atoms with van der Waals surface area (Å²) < 4.78 is 0. The SMILES string of the molecule is CCC(C)N(C)CC(N)CC(C)C. The van der Waals surface area contributed by atoms with Crippen molar-refractivity contribution in [2.75, 3.05) is 13.6 Å². The lowest BCUT2D eigenvalue weighted by atomic mass is 10.0. The highest BCUT2D eigenvalue weighted by atomic mass is 15.1. The molecule has 13 heavy (non-hydrogen) atoms. The van der Waals surface area contributed by atoms with E-state index in [1.54, 1.807) is 0 Å². The maximum Gasteiger partial charge on any atom is 0.0170 e. The van der Waals surface area contributed by atoms with Crippen LogP contribution in [0.1, 0.15) is 40.5 Å². The lowest BCUT2D eigenvalue weighted by molar-refractivity contribution is 0.228. The van der Waals surface area contributed by atoms with Gasteiger partial charge in [0.2, 0.25) is 0 Å². The quantitative estimate of drug-likeness (QED) is 0.688. The van der Waals surface area contributed by atoms with Gasteiger partial charge in [-0.1, -0.05) is 20.8 Å². The highest BCUT2D eigenvalue weighted by Crippen LogP contribution is 2.06. The Morgan fingerprint density at radius 2 is 1.77 bits per heavy atom. The standard InChI is InChI=1S/C11H26N2/c1-6-10(4)13(5)8-11(12)7-9(2)3/h9-11H,6-8,12H2,1-5H3. The van der Waals surface area contributed by atoms with E-state index in [9.17, 15) is 0 Å². The van der Waals surface area contributed by atoms with Crippen molar-refractivity contribution in [1.29, 1.82) is 0 Å². The predicted molar refractivity (Wildman–Crippen MR) is 59.8 cm³/mol. The van der Waals surface area contributed by atoms with Crippen molar-refractivity contribution < 1.29 is 0 Å². The van der Waals surface area contributed by atoms with Crippen molar-refractivity contribution in [2.45, 2.75) is 52.6 Å². The maximum atomic E-state index is 6.03. The molecule has 0 aromatic rings. The fourth-order valence-corrected chi connectivity index (χ4v) is 1.54. The zero-order valence-electron chi connectivity index (χ0n) is 9.88. The molecule has 0 spiro atoms. The molecule has 0 bridgehead atoms. The van der Waals surface area contributed by atoms with Gasteiger partial charge in [-0.15, -0.1) is 0 Å². The third-order valence-electron chi connectivity index (χ3n) is 2.64. The Balaban J connectivity index is 3.70. The number of nitrogens with two attached hydrogens (primary N) is 1. The molecular formula is C11H26N2. The molecule has 2 heteroatoms. The molecule has 0 fully saturated rings. The van der Waals surface area contributed by atoms with Crippen molar-refractivity contribution in [1.82, 2.24) is 4.90 Å². The van der Waals surface area contributed by atoms with E-state index in [-0.39, 0.29) is 0 Å². The number of hydrogen-bond donors (Lipinski definition) is 1. The van der Waals surface area contributed by atoms with E-state index in [0.29, 0.717) is 18.0 Å². The second-order valence-electron chi connectivity index (χ2n) is 4.59. The van der Waals surface area contributed by atoms with Crippen molar-refractivity contribution in [3.8, 4) is 0 Å². The number of likely N-dealkylation sites (N-methyl/N-ethyl adjacent to an activating group) is 1. The molecule has 0 aliphatic heterocycles. The Labute approximate surface area is 83.5 Å². The van der Waals surface area contributed by atoms with Crippen LogP contribution in [0.3, 0.4) is 0 Å². The van der Waals surface area contributed by atoms with E-state index in [1.165, 1.54) is 6.42 Å². The Morgan fingerprint density at radius 3 is 2.15 bits per heavy atom. The molecule has 0 saturated carbocycles. The minimum absolute atomic E-state index is 0.332. The van der Waals surface area contributed by atoms with Gasteiger partial charge in [0.05, 0.1) is 0 Å². The molecule has 0 aromatic carbocycles. The highest BCUT2D eigenvalue weighted by molar-refractivity contribution is 4.70. The fraction of sp³-hybridized carbons (Fsp3) is 1.00. The second-order valence-corrected chi connectivity index (χ2v) is 4.59. The molecule has 2 unspecified atom stereocenters. The van der Waals surface area contributed by atoms with Gasteiger partial charge in [0.1, 0.15) is 0 Å². The van der Waals surface area contributed by atoms with E-state index in [1.807, 2.05) is 0 Å². The van der Waals surface area contributed by atoms with Crippen LogP contribution < -0.4 is 5.73 Å². The molecule has 0 amide bonds. The van der Waals surface area contributed by atoms with Crippen LogP contribution in [0.4, 0.5) is 0 Å². The van der Waals surface area contributed by atoms with Crippen LogP contribution in [0.15, 0.2) is 0 Å². The van der Waals surface area contributed by atoms with Gasteiger partial charge in [-0.05, 0) is 32.7 Å². The minimum atomic E-state index is 0.332. The van der Waals surface area contributed by atoms with Gasteiger partial charge in [-0.3, -0.25) is 0 Å². The monoisotopic (exact) mass is 186 g/mol. The fourth-order valence-electron chi connectivity index (χ4n) is 1.54. The first-order valence-electron chi connectivity index (χ1n) is 5.43. The molecule has 2 nitrogen and oxygen atoms in total. The van der Waals surface area contributed by atoms with Crippen LogP contribution in [0.25, 0.3) is 0 Å². The van der Waals surface area contributed by atoms with Crippen LogP contribution in [-0.2, 0) is 0 Å². The Morgan fingerprint density at radius 1 is 1.23 bits per heavy atom. The summed E-state index contributed by atoms with van der Waals surface area (Å²) in [6, 6.07) is 0.984. The van der Waals surface area contributed by atoms with Gasteiger partial charge < -0.3 is 10.6 Å². The largest absolute Gasteiger partial charge is 0.327 e. The zero-order chi connectivity index (χ0) is 10.4. The van der Waals surface area contributed by atoms with E-state index in [4.69, 9.17) is 5.73 Å². The van der Waals surface area contributed by atoms with E-state index in [2.05, 4.69) is 39.6 Å². The Bertz CT molecular complexity index is 123. The molecule has 0 saturated heterocycles. The van der Waals surface area contributed by atoms with Gasteiger partial charge in [-0.25, -0.2) is 0 Å². The molecule has 0 radical (unpaired) electrons. The maximum absolute atomic E-state index is 6.03. The smallest absolute Gasteiger partial charge is 0.0170 e. The molecule has 0 aliphatic rings. The van der Waals surface area contributed by atoms with Crippen molar-refractivity contribution in [2.24, 2.45) is 11.7 Å². The zero-order valence-corrected chi connectivity index (χ0v) is 9.88. The average Bonchev–Trinajstić information content (AvgIpc) is 2.01. The number of nitrogens with zero attached hydrogens (tertiary/aromatic N) is 1. The van der Waals surface area contributed by atoms with Gasteiger partial charge in [0, 0.05) is 18.6 Å². The lowest BCUT2D eigenvalue weighted by Crippen LogP contribution is -2.40. The van der Waals surface area contributed by atoms with E-state index >= 15 is 0 Å². The number of hydrogen-bond acceptors (Lipinski definition) is 2. The summed E-state index contributed by atoms with van der Waals surface area (Å²) in [6.07, 6.45) is 2.33. The van der Waals surface area contributed by atoms with Gasteiger partial charge in [0.25, 0.3) is 0 Å². The lowest BCUT2D eigenvalue weighted by Gasteiger charge is -2.27. The van der Waals surface area contributed by atoms with Crippen LogP contribution in [0.5, 0.6) is 0 Å². The van der Waals surface area contributed by atoms with Gasteiger partial charge >= 0.3 is 0 Å². The van der Waals surface area contributed by atoms with Crippen LogP contribution in [0, 0.1) is 5.92 Å². The molecule has 0 aromatic heterocycles. The van der Waals surface area contributed by atoms with Crippen LogP contribution >= 0.6 is 0 Å². The van der Waals surface area contributed by atoms with E-state index in [0.717, 1.165) is 13.0 Å². The summed E-state index contributed by atoms with van der Waals surface area (Å²) in [5.41, 5.74) is 6.03. The molecule has 0 aliphatic carbocycles. The predicted octanol–water partition coefficient (Wildman–Crippen LogP) is 2.09. The Hall–Kier alpha value is -0.0800. The van der Waals surface area contributed by atoms with Crippen LogP contribution in [-0.4, -0.2) is 30.6 Å². The Kier molecular flexibility index (Phi) is 6.35. The van der Waals surface area contributed by atoms with Crippen molar-refractivity contribution >= 4 is 0 Å². The molecule has 0 heterocycles. The summed E-state index contributed by atoms with van der Waals surface area (Å²) in [7, 11) is 2.16. The topological polar surface area (TPSA) is 29.3 Å². The molecule has 2 atom stereocenters. The van der Waals surface area contributed by atoms with Gasteiger partial charge in [0.15, 0.2) is 0 Å². The highest BCUT2D eigenvalue weighted by Gasteiger charge is 2.12. The number of rotatable bonds is 6. The minimum Gasteiger partial charge on any atom is -0.327 e. The molecule has 80 valence electrons. The first-order chi connectivity index (χ1) is 5.97. The average molecular weight is 186 g/mol. The van der Waals surface area contributed by atoms with E-state index < -0.39 is 0 Å².